The molecule has 5 heterocycles. The van der Waals surface area contributed by atoms with Crippen LogP contribution in [0.3, 0.4) is 0 Å². The van der Waals surface area contributed by atoms with E-state index in [4.69, 9.17) is 18.9 Å². The van der Waals surface area contributed by atoms with Gasteiger partial charge in [0.25, 0.3) is 0 Å². The number of carbonyl (C=O) groups excluding carboxylic acids is 2. The number of carbonyl (C=O) groups is 2. The molecule has 0 aliphatic carbocycles. The van der Waals surface area contributed by atoms with Gasteiger partial charge in [0.05, 0.1) is 42.2 Å². The van der Waals surface area contributed by atoms with E-state index >= 15 is 0 Å². The van der Waals surface area contributed by atoms with Gasteiger partial charge in [-0.05, 0) is 46.6 Å². The summed E-state index contributed by atoms with van der Waals surface area (Å²) in [5.74, 6) is -0.378. The minimum atomic E-state index is -0.551. The Morgan fingerprint density at radius 3 is 2.39 bits per heavy atom. The van der Waals surface area contributed by atoms with Crippen LogP contribution in [0.5, 0.6) is 0 Å². The zero-order chi connectivity index (χ0) is 27.1. The summed E-state index contributed by atoms with van der Waals surface area (Å²) in [7, 11) is 3.58. The molecule has 11 heteroatoms. The highest BCUT2D eigenvalue weighted by Gasteiger charge is 2.39. The van der Waals surface area contributed by atoms with Crippen molar-refractivity contribution in [1.29, 1.82) is 0 Å². The van der Waals surface area contributed by atoms with Crippen molar-refractivity contribution in [3.05, 3.63) is 47.9 Å². The van der Waals surface area contributed by atoms with E-state index in [1.54, 1.807) is 40.6 Å². The van der Waals surface area contributed by atoms with Gasteiger partial charge in [0, 0.05) is 49.4 Å². The van der Waals surface area contributed by atoms with Crippen LogP contribution in [0.15, 0.2) is 35.3 Å². The molecule has 4 aromatic heterocycles. The maximum atomic E-state index is 13.8. The van der Waals surface area contributed by atoms with E-state index in [0.717, 1.165) is 11.1 Å². The number of ketones is 1. The average molecular weight is 521 g/mol. The van der Waals surface area contributed by atoms with Gasteiger partial charge in [0.15, 0.2) is 0 Å². The van der Waals surface area contributed by atoms with Crippen molar-refractivity contribution in [3.8, 4) is 11.1 Å². The Morgan fingerprint density at radius 2 is 1.79 bits per heavy atom. The highest BCUT2D eigenvalue weighted by atomic mass is 16.6. The quantitative estimate of drug-likeness (QED) is 0.343. The van der Waals surface area contributed by atoms with Gasteiger partial charge < -0.3 is 13.9 Å². The highest BCUT2D eigenvalue weighted by Crippen LogP contribution is 2.41. The maximum absolute atomic E-state index is 13.8. The molecule has 1 aliphatic heterocycles. The summed E-state index contributed by atoms with van der Waals surface area (Å²) in [4.78, 5) is 33.7. The second-order valence-electron chi connectivity index (χ2n) is 9.84. The lowest BCUT2D eigenvalue weighted by molar-refractivity contribution is -0.0374. The monoisotopic (exact) mass is 520 g/mol. The Balaban J connectivity index is 1.77. The van der Waals surface area contributed by atoms with E-state index in [-0.39, 0.29) is 36.3 Å². The van der Waals surface area contributed by atoms with Gasteiger partial charge in [-0.2, -0.15) is 10.2 Å². The molecular weight excluding hydrogens is 488 g/mol. The number of anilines is 1. The number of nitrogens with zero attached hydrogens (tertiary/aromatic N) is 6. The summed E-state index contributed by atoms with van der Waals surface area (Å²) < 4.78 is 20.9. The Hall–Kier alpha value is -3.99. The number of amides is 1. The second kappa shape index (κ2) is 10.1. The molecule has 0 radical (unpaired) electrons. The molecule has 1 amide bonds. The minimum Gasteiger partial charge on any atom is -0.449 e. The number of aromatic nitrogens is 5. The Kier molecular flexibility index (Phi) is 6.78. The summed E-state index contributed by atoms with van der Waals surface area (Å²) >= 11 is 0. The van der Waals surface area contributed by atoms with E-state index in [9.17, 15) is 9.59 Å². The molecule has 4 aromatic rings. The minimum absolute atomic E-state index is 0.0167. The standard InChI is InChI=1S/C27H32N6O5/c1-7-36-27(35)33(20-8-15(2)37-16(3)9-20)23-22-10-21(18-11-28-31(5)13-18)17(4)30-26(22)38-25(23)24(34)19-12-29-32(6)14-19/h10-16,20H,7-9H2,1-6H3/t15-,16+,20+. The van der Waals surface area contributed by atoms with E-state index in [0.29, 0.717) is 35.2 Å². The molecule has 3 atom stereocenters. The Bertz CT molecular complexity index is 1490. The van der Waals surface area contributed by atoms with Crippen LogP contribution in [0.4, 0.5) is 10.5 Å². The van der Waals surface area contributed by atoms with E-state index < -0.39 is 11.9 Å². The first-order valence-electron chi connectivity index (χ1n) is 12.7. The smallest absolute Gasteiger partial charge is 0.414 e. The normalized spacial score (nSPS) is 19.6. The number of hydrogen-bond acceptors (Lipinski definition) is 8. The lowest BCUT2D eigenvalue weighted by atomic mass is 9.96. The van der Waals surface area contributed by atoms with Crippen LogP contribution in [-0.2, 0) is 23.6 Å². The zero-order valence-electron chi connectivity index (χ0n) is 22.5. The molecule has 0 spiro atoms. The second-order valence-corrected chi connectivity index (χ2v) is 9.84. The molecule has 0 aromatic carbocycles. The SMILES string of the molecule is CCOC(=O)N(c1c(C(=O)c2cnn(C)c2)oc2nc(C)c(-c3cnn(C)c3)cc12)[C@H]1C[C@@H](C)O[C@@H](C)C1. The first-order valence-corrected chi connectivity index (χ1v) is 12.7. The maximum Gasteiger partial charge on any atom is 0.414 e. The predicted molar refractivity (Wildman–Crippen MR) is 140 cm³/mol. The molecule has 5 rings (SSSR count). The molecular formula is C27H32N6O5. The molecule has 1 fully saturated rings. The van der Waals surface area contributed by atoms with Crippen LogP contribution in [0.25, 0.3) is 22.2 Å². The molecule has 0 saturated carbocycles. The van der Waals surface area contributed by atoms with Crippen LogP contribution in [0.1, 0.15) is 55.4 Å². The van der Waals surface area contributed by atoms with Crippen LogP contribution in [0, 0.1) is 6.92 Å². The van der Waals surface area contributed by atoms with Crippen molar-refractivity contribution in [2.75, 3.05) is 11.5 Å². The number of pyridine rings is 1. The third-order valence-corrected chi connectivity index (χ3v) is 6.78. The van der Waals surface area contributed by atoms with Crippen LogP contribution < -0.4 is 4.90 Å². The number of aryl methyl sites for hydroxylation is 3. The van der Waals surface area contributed by atoms with Gasteiger partial charge in [0.1, 0.15) is 5.69 Å². The van der Waals surface area contributed by atoms with Crippen molar-refractivity contribution >= 4 is 28.7 Å². The van der Waals surface area contributed by atoms with Crippen molar-refractivity contribution in [1.82, 2.24) is 24.5 Å². The van der Waals surface area contributed by atoms with Crippen molar-refractivity contribution in [3.63, 3.8) is 0 Å². The molecule has 1 aliphatic rings. The first kappa shape index (κ1) is 25.7. The summed E-state index contributed by atoms with van der Waals surface area (Å²) in [5.41, 5.74) is 3.35. The predicted octanol–water partition coefficient (Wildman–Crippen LogP) is 4.42. The largest absolute Gasteiger partial charge is 0.449 e. The van der Waals surface area contributed by atoms with E-state index in [1.165, 1.54) is 6.20 Å². The summed E-state index contributed by atoms with van der Waals surface area (Å²) in [6.07, 6.45) is 7.18. The summed E-state index contributed by atoms with van der Waals surface area (Å²) in [6, 6.07) is 1.63. The third-order valence-electron chi connectivity index (χ3n) is 6.78. The van der Waals surface area contributed by atoms with Crippen LogP contribution in [-0.4, -0.2) is 61.3 Å². The van der Waals surface area contributed by atoms with Gasteiger partial charge in [-0.15, -0.1) is 0 Å². The molecule has 0 unspecified atom stereocenters. The fourth-order valence-electron chi connectivity index (χ4n) is 5.21. The number of rotatable bonds is 6. The third kappa shape index (κ3) is 4.69. The number of fused-ring (bicyclic) bond motifs is 1. The Labute approximate surface area is 220 Å². The number of furan rings is 1. The van der Waals surface area contributed by atoms with Crippen molar-refractivity contribution < 1.29 is 23.5 Å². The lowest BCUT2D eigenvalue weighted by Crippen LogP contribution is -2.48. The average Bonchev–Trinajstić information content (AvgIpc) is 3.57. The van der Waals surface area contributed by atoms with Gasteiger partial charge in [-0.25, -0.2) is 9.78 Å². The first-order chi connectivity index (χ1) is 18.2. The number of hydrogen-bond donors (Lipinski definition) is 0. The van der Waals surface area contributed by atoms with Gasteiger partial charge in [-0.3, -0.25) is 19.1 Å². The van der Waals surface area contributed by atoms with Crippen molar-refractivity contribution in [2.45, 2.75) is 58.8 Å². The Morgan fingerprint density at radius 1 is 1.11 bits per heavy atom. The molecule has 0 N–H and O–H groups in total. The molecule has 38 heavy (non-hydrogen) atoms. The molecule has 1 saturated heterocycles. The van der Waals surface area contributed by atoms with Gasteiger partial charge >= 0.3 is 6.09 Å². The van der Waals surface area contributed by atoms with Crippen molar-refractivity contribution in [2.24, 2.45) is 14.1 Å². The van der Waals surface area contributed by atoms with Crippen LogP contribution in [0.2, 0.25) is 0 Å². The molecule has 11 nitrogen and oxygen atoms in total. The number of ether oxygens (including phenoxy) is 2. The van der Waals surface area contributed by atoms with Gasteiger partial charge in [0.2, 0.25) is 17.3 Å². The summed E-state index contributed by atoms with van der Waals surface area (Å²) in [5, 5.41) is 8.98. The van der Waals surface area contributed by atoms with E-state index in [1.807, 2.05) is 40.1 Å². The van der Waals surface area contributed by atoms with Crippen LogP contribution >= 0.6 is 0 Å². The fraction of sp³-hybridized carbons (Fsp3) is 0.444. The fourth-order valence-corrected chi connectivity index (χ4v) is 5.21. The van der Waals surface area contributed by atoms with Gasteiger partial charge in [-0.1, -0.05) is 0 Å². The lowest BCUT2D eigenvalue weighted by Gasteiger charge is -2.38. The zero-order valence-corrected chi connectivity index (χ0v) is 22.5. The molecule has 200 valence electrons. The topological polar surface area (TPSA) is 118 Å². The highest BCUT2D eigenvalue weighted by molar-refractivity contribution is 6.17. The molecule has 0 bridgehead atoms. The summed E-state index contributed by atoms with van der Waals surface area (Å²) in [6.45, 7) is 7.77. The van der Waals surface area contributed by atoms with E-state index in [2.05, 4.69) is 10.2 Å².